The summed E-state index contributed by atoms with van der Waals surface area (Å²) < 4.78 is 96.1. The lowest BCUT2D eigenvalue weighted by atomic mass is 9.91. The standard InChI is InChI=1S/C18H15F7N4O2/c1-16(2,30)15(11-4-3-10(7-12(11)19)31-18(23,24)25)28-14-6-9(17(20,21)22)5-13-26-8-27-29(13)14/h3-8,15,28,30H,1-2H3. The second kappa shape index (κ2) is 7.55. The molecule has 2 aromatic heterocycles. The van der Waals surface area contributed by atoms with Crippen LogP contribution in [0, 0.1) is 5.82 Å². The van der Waals surface area contributed by atoms with Gasteiger partial charge in [0.1, 0.15) is 23.7 Å². The first-order chi connectivity index (χ1) is 14.1. The summed E-state index contributed by atoms with van der Waals surface area (Å²) in [5.74, 6) is -2.28. The van der Waals surface area contributed by atoms with Gasteiger partial charge >= 0.3 is 12.5 Å². The smallest absolute Gasteiger partial charge is 0.406 e. The van der Waals surface area contributed by atoms with Crippen LogP contribution in [0.3, 0.4) is 0 Å². The van der Waals surface area contributed by atoms with Gasteiger partial charge in [-0.05, 0) is 32.0 Å². The first-order valence-corrected chi connectivity index (χ1v) is 8.60. The van der Waals surface area contributed by atoms with Gasteiger partial charge in [0.25, 0.3) is 0 Å². The number of benzene rings is 1. The Balaban J connectivity index is 2.06. The summed E-state index contributed by atoms with van der Waals surface area (Å²) in [6, 6.07) is 2.27. The number of hydrogen-bond acceptors (Lipinski definition) is 5. The molecule has 0 aliphatic carbocycles. The van der Waals surface area contributed by atoms with Crippen LogP contribution in [0.1, 0.15) is 31.0 Å². The lowest BCUT2D eigenvalue weighted by Crippen LogP contribution is -2.35. The van der Waals surface area contributed by atoms with Gasteiger partial charge in [-0.2, -0.15) is 22.8 Å². The van der Waals surface area contributed by atoms with Crippen molar-refractivity contribution in [1.82, 2.24) is 14.6 Å². The van der Waals surface area contributed by atoms with Crippen molar-refractivity contribution >= 4 is 11.5 Å². The molecule has 0 amide bonds. The molecule has 13 heteroatoms. The SMILES string of the molecule is CC(C)(O)C(Nc1cc(C(F)(F)F)cc2ncnn12)c1ccc(OC(F)(F)F)cc1F. The number of anilines is 1. The van der Waals surface area contributed by atoms with Gasteiger partial charge in [-0.1, -0.05) is 6.07 Å². The zero-order valence-electron chi connectivity index (χ0n) is 15.9. The summed E-state index contributed by atoms with van der Waals surface area (Å²) >= 11 is 0. The number of pyridine rings is 1. The fraction of sp³-hybridized carbons (Fsp3) is 0.333. The van der Waals surface area contributed by atoms with E-state index in [2.05, 4.69) is 20.1 Å². The molecule has 2 N–H and O–H groups in total. The molecule has 0 saturated carbocycles. The quantitative estimate of drug-likeness (QED) is 0.549. The van der Waals surface area contributed by atoms with Gasteiger partial charge in [0, 0.05) is 11.6 Å². The van der Waals surface area contributed by atoms with E-state index in [1.54, 1.807) is 0 Å². The van der Waals surface area contributed by atoms with Crippen LogP contribution in [0.25, 0.3) is 5.65 Å². The number of aromatic nitrogens is 3. The van der Waals surface area contributed by atoms with E-state index in [9.17, 15) is 35.8 Å². The number of halogens is 7. The second-order valence-corrected chi connectivity index (χ2v) is 7.12. The molecule has 0 radical (unpaired) electrons. The predicted octanol–water partition coefficient (Wildman–Crippen LogP) is 4.71. The first-order valence-electron chi connectivity index (χ1n) is 8.60. The third-order valence-corrected chi connectivity index (χ3v) is 4.22. The van der Waals surface area contributed by atoms with E-state index in [1.165, 1.54) is 13.8 Å². The molecule has 1 atom stereocenters. The second-order valence-electron chi connectivity index (χ2n) is 7.12. The molecule has 0 aliphatic heterocycles. The molecule has 3 aromatic rings. The number of rotatable bonds is 5. The Morgan fingerprint density at radius 2 is 1.74 bits per heavy atom. The summed E-state index contributed by atoms with van der Waals surface area (Å²) in [4.78, 5) is 3.71. The third kappa shape index (κ3) is 5.16. The van der Waals surface area contributed by atoms with Crippen molar-refractivity contribution in [2.45, 2.75) is 38.0 Å². The summed E-state index contributed by atoms with van der Waals surface area (Å²) in [6.45, 7) is 2.49. The van der Waals surface area contributed by atoms with Crippen molar-refractivity contribution in [2.75, 3.05) is 5.32 Å². The topological polar surface area (TPSA) is 71.7 Å². The summed E-state index contributed by atoms with van der Waals surface area (Å²) in [6.07, 6.45) is -8.77. The Morgan fingerprint density at radius 3 is 2.29 bits per heavy atom. The van der Waals surface area contributed by atoms with Crippen LogP contribution in [0.15, 0.2) is 36.7 Å². The fourth-order valence-electron chi connectivity index (χ4n) is 2.91. The van der Waals surface area contributed by atoms with E-state index < -0.39 is 41.3 Å². The minimum absolute atomic E-state index is 0.166. The number of ether oxygens (including phenoxy) is 1. The maximum absolute atomic E-state index is 14.6. The minimum atomic E-state index is -5.04. The molecule has 0 aliphatic rings. The highest BCUT2D eigenvalue weighted by atomic mass is 19.4. The highest BCUT2D eigenvalue weighted by Crippen LogP contribution is 2.36. The van der Waals surface area contributed by atoms with Crippen LogP contribution < -0.4 is 10.1 Å². The average molecular weight is 452 g/mol. The third-order valence-electron chi connectivity index (χ3n) is 4.22. The van der Waals surface area contributed by atoms with Gasteiger partial charge in [-0.15, -0.1) is 13.2 Å². The first kappa shape index (κ1) is 22.6. The van der Waals surface area contributed by atoms with Crippen LogP contribution in [0.4, 0.5) is 36.6 Å². The molecular weight excluding hydrogens is 437 g/mol. The number of hydrogen-bond donors (Lipinski definition) is 2. The van der Waals surface area contributed by atoms with Crippen LogP contribution in [0.5, 0.6) is 5.75 Å². The van der Waals surface area contributed by atoms with Gasteiger partial charge in [-0.25, -0.2) is 9.37 Å². The Kier molecular flexibility index (Phi) is 5.50. The zero-order valence-corrected chi connectivity index (χ0v) is 15.9. The molecular formula is C18H15F7N4O2. The molecule has 1 aromatic carbocycles. The van der Waals surface area contributed by atoms with E-state index in [1.807, 2.05) is 0 Å². The van der Waals surface area contributed by atoms with Crippen LogP contribution in [0.2, 0.25) is 0 Å². The molecule has 6 nitrogen and oxygen atoms in total. The lowest BCUT2D eigenvalue weighted by Gasteiger charge is -2.32. The van der Waals surface area contributed by atoms with E-state index in [0.29, 0.717) is 12.1 Å². The number of aliphatic hydroxyl groups is 1. The highest BCUT2D eigenvalue weighted by Gasteiger charge is 2.36. The lowest BCUT2D eigenvalue weighted by molar-refractivity contribution is -0.274. The molecule has 168 valence electrons. The monoisotopic (exact) mass is 452 g/mol. The molecule has 0 fully saturated rings. The molecule has 3 rings (SSSR count). The van der Waals surface area contributed by atoms with Gasteiger partial charge in [-0.3, -0.25) is 0 Å². The van der Waals surface area contributed by atoms with Crippen molar-refractivity contribution in [3.63, 3.8) is 0 Å². The van der Waals surface area contributed by atoms with Crippen LogP contribution in [-0.2, 0) is 6.18 Å². The van der Waals surface area contributed by atoms with Gasteiger partial charge in [0.2, 0.25) is 0 Å². The number of alkyl halides is 6. The summed E-state index contributed by atoms with van der Waals surface area (Å²) in [5.41, 5.74) is -3.32. The molecule has 0 bridgehead atoms. The van der Waals surface area contributed by atoms with Gasteiger partial charge in [0.05, 0.1) is 17.2 Å². The Labute approximate surface area is 170 Å². The van der Waals surface area contributed by atoms with Gasteiger partial charge in [0.15, 0.2) is 5.65 Å². The Hall–Kier alpha value is -3.09. The van der Waals surface area contributed by atoms with E-state index in [0.717, 1.165) is 29.0 Å². The van der Waals surface area contributed by atoms with Crippen LogP contribution in [-0.4, -0.2) is 31.7 Å². The fourth-order valence-corrected chi connectivity index (χ4v) is 2.91. The molecule has 1 unspecified atom stereocenters. The van der Waals surface area contributed by atoms with Crippen molar-refractivity contribution in [3.8, 4) is 5.75 Å². The van der Waals surface area contributed by atoms with E-state index in [4.69, 9.17) is 0 Å². The largest absolute Gasteiger partial charge is 0.573 e. The van der Waals surface area contributed by atoms with Crippen molar-refractivity contribution < 1.29 is 40.6 Å². The molecule has 0 saturated heterocycles. The number of nitrogens with zero attached hydrogens (tertiary/aromatic N) is 3. The van der Waals surface area contributed by atoms with E-state index in [-0.39, 0.29) is 17.0 Å². The molecule has 0 spiro atoms. The maximum Gasteiger partial charge on any atom is 0.573 e. The van der Waals surface area contributed by atoms with Crippen molar-refractivity contribution in [3.05, 3.63) is 53.6 Å². The van der Waals surface area contributed by atoms with Crippen LogP contribution >= 0.6 is 0 Å². The van der Waals surface area contributed by atoms with Crippen molar-refractivity contribution in [1.29, 1.82) is 0 Å². The molecule has 31 heavy (non-hydrogen) atoms. The Morgan fingerprint density at radius 1 is 1.06 bits per heavy atom. The Bertz CT molecular complexity index is 1090. The van der Waals surface area contributed by atoms with E-state index >= 15 is 0 Å². The van der Waals surface area contributed by atoms with Crippen molar-refractivity contribution in [2.24, 2.45) is 0 Å². The number of nitrogens with one attached hydrogen (secondary N) is 1. The average Bonchev–Trinajstić information content (AvgIpc) is 3.06. The summed E-state index contributed by atoms with van der Waals surface area (Å²) in [7, 11) is 0. The predicted molar refractivity (Wildman–Crippen MR) is 93.7 cm³/mol. The normalized spacial score (nSPS) is 14.0. The van der Waals surface area contributed by atoms with Gasteiger partial charge < -0.3 is 15.2 Å². The zero-order chi connectivity index (χ0) is 23.2. The maximum atomic E-state index is 14.6. The number of fused-ring (bicyclic) bond motifs is 1. The molecule has 2 heterocycles. The highest BCUT2D eigenvalue weighted by molar-refractivity contribution is 5.54. The summed E-state index contributed by atoms with van der Waals surface area (Å²) in [5, 5.41) is 16.9. The minimum Gasteiger partial charge on any atom is -0.406 e.